The predicted octanol–water partition coefficient (Wildman–Crippen LogP) is 4.27. The van der Waals surface area contributed by atoms with E-state index in [1.165, 1.54) is 37.7 Å². The summed E-state index contributed by atoms with van der Waals surface area (Å²) < 4.78 is 0. The van der Waals surface area contributed by atoms with Crippen molar-refractivity contribution in [3.05, 3.63) is 35.9 Å². The lowest BCUT2D eigenvalue weighted by molar-refractivity contribution is 0.338. The molecule has 0 aliphatic heterocycles. The Morgan fingerprint density at radius 1 is 1.21 bits per heavy atom. The number of thioether (sulfide) groups is 1. The van der Waals surface area contributed by atoms with Crippen LogP contribution in [0.3, 0.4) is 0 Å². The van der Waals surface area contributed by atoms with Crippen LogP contribution in [0.2, 0.25) is 0 Å². The van der Waals surface area contributed by atoms with Crippen molar-refractivity contribution in [1.82, 2.24) is 5.32 Å². The Morgan fingerprint density at radius 3 is 2.63 bits per heavy atom. The van der Waals surface area contributed by atoms with Gasteiger partial charge in [0, 0.05) is 17.3 Å². The van der Waals surface area contributed by atoms with Gasteiger partial charge >= 0.3 is 0 Å². The van der Waals surface area contributed by atoms with Gasteiger partial charge in [-0.15, -0.1) is 0 Å². The quantitative estimate of drug-likeness (QED) is 0.833. The van der Waals surface area contributed by atoms with Crippen LogP contribution in [-0.4, -0.2) is 23.6 Å². The molecule has 1 aromatic carbocycles. The minimum absolute atomic E-state index is 0.625. The molecule has 1 nitrogen and oxygen atoms in total. The van der Waals surface area contributed by atoms with E-state index in [1.54, 1.807) is 0 Å². The highest BCUT2D eigenvalue weighted by atomic mass is 32.2. The Bertz CT molecular complexity index is 352. The molecule has 2 rings (SSSR count). The highest BCUT2D eigenvalue weighted by Gasteiger charge is 2.25. The molecule has 106 valence electrons. The largest absolute Gasteiger partial charge is 0.310 e. The molecule has 0 spiro atoms. The summed E-state index contributed by atoms with van der Waals surface area (Å²) in [7, 11) is 0. The highest BCUT2D eigenvalue weighted by Crippen LogP contribution is 2.27. The first-order chi connectivity index (χ1) is 9.33. The van der Waals surface area contributed by atoms with Crippen molar-refractivity contribution >= 4 is 11.8 Å². The van der Waals surface area contributed by atoms with Crippen LogP contribution in [0.5, 0.6) is 0 Å². The molecular formula is C17H27NS. The molecule has 0 amide bonds. The Kier molecular flexibility index (Phi) is 6.25. The van der Waals surface area contributed by atoms with Gasteiger partial charge in [0.1, 0.15) is 0 Å². The molecule has 19 heavy (non-hydrogen) atoms. The van der Waals surface area contributed by atoms with E-state index in [2.05, 4.69) is 60.6 Å². The van der Waals surface area contributed by atoms with E-state index < -0.39 is 0 Å². The topological polar surface area (TPSA) is 12.0 Å². The first kappa shape index (κ1) is 14.9. The van der Waals surface area contributed by atoms with Crippen molar-refractivity contribution in [3.8, 4) is 0 Å². The first-order valence-electron chi connectivity index (χ1n) is 7.66. The molecule has 1 saturated carbocycles. The molecule has 0 aromatic heterocycles. The van der Waals surface area contributed by atoms with Crippen LogP contribution in [0.25, 0.3) is 0 Å². The van der Waals surface area contributed by atoms with Crippen LogP contribution < -0.4 is 5.32 Å². The van der Waals surface area contributed by atoms with Gasteiger partial charge in [0.15, 0.2) is 0 Å². The molecule has 1 N–H and O–H groups in total. The van der Waals surface area contributed by atoms with E-state index in [9.17, 15) is 0 Å². The number of benzene rings is 1. The molecule has 0 radical (unpaired) electrons. The number of hydrogen-bond donors (Lipinski definition) is 1. The molecule has 0 heterocycles. The second kappa shape index (κ2) is 7.96. The summed E-state index contributed by atoms with van der Waals surface area (Å²) in [6.45, 7) is 2.30. The zero-order valence-electron chi connectivity index (χ0n) is 12.3. The molecule has 1 aromatic rings. The van der Waals surface area contributed by atoms with Crippen LogP contribution in [-0.2, 0) is 6.42 Å². The molecule has 3 atom stereocenters. The summed E-state index contributed by atoms with van der Waals surface area (Å²) in [5.74, 6) is 0. The molecule has 1 fully saturated rings. The molecular weight excluding hydrogens is 250 g/mol. The lowest BCUT2D eigenvalue weighted by Gasteiger charge is -2.34. The summed E-state index contributed by atoms with van der Waals surface area (Å²) in [6.07, 6.45) is 10.2. The van der Waals surface area contributed by atoms with Crippen molar-refractivity contribution in [2.45, 2.75) is 62.8 Å². The lowest BCUT2D eigenvalue weighted by atomic mass is 9.93. The van der Waals surface area contributed by atoms with Crippen molar-refractivity contribution in [3.63, 3.8) is 0 Å². The van der Waals surface area contributed by atoms with Gasteiger partial charge < -0.3 is 5.32 Å². The number of hydrogen-bond acceptors (Lipinski definition) is 2. The SMILES string of the molecule is CCC(Cc1ccccc1)NC1CCCCC1SC. The van der Waals surface area contributed by atoms with Crippen molar-refractivity contribution in [1.29, 1.82) is 0 Å². The maximum absolute atomic E-state index is 3.93. The monoisotopic (exact) mass is 277 g/mol. The van der Waals surface area contributed by atoms with Gasteiger partial charge in [-0.05, 0) is 37.5 Å². The van der Waals surface area contributed by atoms with E-state index in [4.69, 9.17) is 0 Å². The zero-order valence-corrected chi connectivity index (χ0v) is 13.1. The molecule has 2 heteroatoms. The van der Waals surface area contributed by atoms with Gasteiger partial charge in [0.25, 0.3) is 0 Å². The maximum Gasteiger partial charge on any atom is 0.0198 e. The van der Waals surface area contributed by atoms with Gasteiger partial charge in [0.05, 0.1) is 0 Å². The van der Waals surface area contributed by atoms with Gasteiger partial charge in [-0.3, -0.25) is 0 Å². The minimum atomic E-state index is 0.625. The minimum Gasteiger partial charge on any atom is -0.310 e. The zero-order chi connectivity index (χ0) is 13.5. The third-order valence-corrected chi connectivity index (χ3v) is 5.44. The standard InChI is InChI=1S/C17H27NS/c1-3-15(13-14-9-5-4-6-10-14)18-16-11-7-8-12-17(16)19-2/h4-6,9-10,15-18H,3,7-8,11-13H2,1-2H3. The van der Waals surface area contributed by atoms with Gasteiger partial charge in [-0.2, -0.15) is 11.8 Å². The van der Waals surface area contributed by atoms with Gasteiger partial charge in [-0.1, -0.05) is 50.1 Å². The van der Waals surface area contributed by atoms with Crippen LogP contribution in [0.4, 0.5) is 0 Å². The van der Waals surface area contributed by atoms with Crippen LogP contribution in [0.15, 0.2) is 30.3 Å². The van der Waals surface area contributed by atoms with Crippen molar-refractivity contribution < 1.29 is 0 Å². The molecule has 1 aliphatic rings. The van der Waals surface area contributed by atoms with Crippen LogP contribution in [0.1, 0.15) is 44.6 Å². The van der Waals surface area contributed by atoms with E-state index >= 15 is 0 Å². The Hall–Kier alpha value is -0.470. The fraction of sp³-hybridized carbons (Fsp3) is 0.647. The Morgan fingerprint density at radius 2 is 1.95 bits per heavy atom. The van der Waals surface area contributed by atoms with Gasteiger partial charge in [-0.25, -0.2) is 0 Å². The Balaban J connectivity index is 1.90. The van der Waals surface area contributed by atoms with Crippen LogP contribution in [0, 0.1) is 0 Å². The van der Waals surface area contributed by atoms with Crippen molar-refractivity contribution in [2.24, 2.45) is 0 Å². The first-order valence-corrected chi connectivity index (χ1v) is 8.95. The highest BCUT2D eigenvalue weighted by molar-refractivity contribution is 7.99. The van der Waals surface area contributed by atoms with E-state index in [0.29, 0.717) is 6.04 Å². The van der Waals surface area contributed by atoms with Crippen LogP contribution >= 0.6 is 11.8 Å². The predicted molar refractivity (Wildman–Crippen MR) is 86.9 cm³/mol. The fourth-order valence-electron chi connectivity index (χ4n) is 3.09. The average Bonchev–Trinajstić information content (AvgIpc) is 2.48. The number of nitrogens with one attached hydrogen (secondary N) is 1. The third-order valence-electron chi connectivity index (χ3n) is 4.27. The molecule has 0 saturated heterocycles. The summed E-state index contributed by atoms with van der Waals surface area (Å²) in [5, 5.41) is 4.75. The number of rotatable bonds is 6. The van der Waals surface area contributed by atoms with Gasteiger partial charge in [0.2, 0.25) is 0 Å². The van der Waals surface area contributed by atoms with E-state index in [1.807, 2.05) is 0 Å². The maximum atomic E-state index is 3.93. The third kappa shape index (κ3) is 4.54. The molecule has 1 aliphatic carbocycles. The average molecular weight is 277 g/mol. The van der Waals surface area contributed by atoms with E-state index in [-0.39, 0.29) is 0 Å². The summed E-state index contributed by atoms with van der Waals surface area (Å²) in [4.78, 5) is 0. The van der Waals surface area contributed by atoms with E-state index in [0.717, 1.165) is 17.7 Å². The molecule has 3 unspecified atom stereocenters. The van der Waals surface area contributed by atoms with Crippen molar-refractivity contribution in [2.75, 3.05) is 6.26 Å². The normalized spacial score (nSPS) is 25.2. The summed E-state index contributed by atoms with van der Waals surface area (Å²) >= 11 is 2.05. The summed E-state index contributed by atoms with van der Waals surface area (Å²) in [5.41, 5.74) is 1.46. The second-order valence-corrected chi connectivity index (χ2v) is 6.70. The fourth-order valence-corrected chi connectivity index (χ4v) is 4.04. The molecule has 0 bridgehead atoms. The smallest absolute Gasteiger partial charge is 0.0198 e. The Labute approximate surface area is 122 Å². The summed E-state index contributed by atoms with van der Waals surface area (Å²) in [6, 6.07) is 12.2. The second-order valence-electron chi connectivity index (χ2n) is 5.63. The lowest BCUT2D eigenvalue weighted by Crippen LogP contribution is -2.46.